The van der Waals surface area contributed by atoms with Crippen molar-refractivity contribution in [3.05, 3.63) is 72.6 Å². The van der Waals surface area contributed by atoms with Crippen molar-refractivity contribution in [2.75, 3.05) is 41.8 Å². The van der Waals surface area contributed by atoms with Gasteiger partial charge in [0.1, 0.15) is 5.82 Å². The van der Waals surface area contributed by atoms with Gasteiger partial charge in [0, 0.05) is 47.8 Å². The van der Waals surface area contributed by atoms with Gasteiger partial charge in [0.25, 0.3) is 0 Å². The van der Waals surface area contributed by atoms with Gasteiger partial charge in [-0.3, -0.25) is 0 Å². The molecule has 1 saturated heterocycles. The third-order valence-electron chi connectivity index (χ3n) is 5.41. The zero-order valence-corrected chi connectivity index (χ0v) is 17.4. The molecule has 1 aliphatic rings. The summed E-state index contributed by atoms with van der Waals surface area (Å²) in [7, 11) is 0. The maximum Gasteiger partial charge on any atom is 0.132 e. The zero-order chi connectivity index (χ0) is 21.0. The van der Waals surface area contributed by atoms with Crippen LogP contribution in [0.2, 0.25) is 0 Å². The Labute approximate surface area is 181 Å². The molecule has 4 aromatic rings. The summed E-state index contributed by atoms with van der Waals surface area (Å²) in [6.07, 6.45) is 3.54. The first-order chi connectivity index (χ1) is 15.3. The van der Waals surface area contributed by atoms with E-state index in [-0.39, 0.29) is 0 Å². The van der Waals surface area contributed by atoms with Crippen LogP contribution < -0.4 is 15.5 Å². The molecule has 2 aromatic carbocycles. The topological polar surface area (TPSA) is 75.2 Å². The molecule has 0 spiro atoms. The van der Waals surface area contributed by atoms with E-state index in [0.717, 1.165) is 65.6 Å². The summed E-state index contributed by atoms with van der Waals surface area (Å²) >= 11 is 0. The average molecular weight is 412 g/mol. The van der Waals surface area contributed by atoms with E-state index in [2.05, 4.69) is 61.0 Å². The lowest BCUT2D eigenvalue weighted by molar-refractivity contribution is 0.122. The standard InChI is InChI=1S/C24H24N6O/c1-17-4-2-7-21-22(16-26-29-24(17)21)27-19-8-9-25-23(15-19)28-18-5-3-6-20(14-18)30-10-12-31-13-11-30/h2-9,14-16H,10-13H2,1H3,(H2,25,27,28,29). The van der Waals surface area contributed by atoms with Crippen LogP contribution in [0.4, 0.5) is 28.6 Å². The molecule has 0 amide bonds. The number of nitrogens with one attached hydrogen (secondary N) is 2. The Balaban J connectivity index is 1.36. The summed E-state index contributed by atoms with van der Waals surface area (Å²) in [5.74, 6) is 0.770. The van der Waals surface area contributed by atoms with Crippen molar-refractivity contribution in [1.29, 1.82) is 0 Å². The molecule has 0 bridgehead atoms. The molecule has 31 heavy (non-hydrogen) atoms. The Kier molecular flexibility index (Phi) is 5.33. The molecular weight excluding hydrogens is 388 g/mol. The second kappa shape index (κ2) is 8.57. The molecular formula is C24H24N6O. The fourth-order valence-corrected chi connectivity index (χ4v) is 3.80. The number of aromatic nitrogens is 3. The summed E-state index contributed by atoms with van der Waals surface area (Å²) in [5.41, 5.74) is 6.04. The van der Waals surface area contributed by atoms with Crippen LogP contribution >= 0.6 is 0 Å². The number of anilines is 5. The fraction of sp³-hybridized carbons (Fsp3) is 0.208. The van der Waals surface area contributed by atoms with Crippen LogP contribution in [0.3, 0.4) is 0 Å². The molecule has 0 atom stereocenters. The number of fused-ring (bicyclic) bond motifs is 1. The summed E-state index contributed by atoms with van der Waals surface area (Å²) in [6.45, 7) is 5.40. The van der Waals surface area contributed by atoms with Crippen LogP contribution in [0.1, 0.15) is 5.56 Å². The lowest BCUT2D eigenvalue weighted by Crippen LogP contribution is -2.36. The molecule has 3 heterocycles. The van der Waals surface area contributed by atoms with Crippen molar-refractivity contribution in [1.82, 2.24) is 15.2 Å². The predicted molar refractivity (Wildman–Crippen MR) is 125 cm³/mol. The van der Waals surface area contributed by atoms with E-state index in [0.29, 0.717) is 0 Å². The minimum absolute atomic E-state index is 0.769. The van der Waals surface area contributed by atoms with E-state index in [1.54, 1.807) is 12.4 Å². The number of hydrogen-bond acceptors (Lipinski definition) is 7. The monoisotopic (exact) mass is 412 g/mol. The highest BCUT2D eigenvalue weighted by Crippen LogP contribution is 2.28. The Bertz CT molecular complexity index is 1210. The molecule has 2 aromatic heterocycles. The van der Waals surface area contributed by atoms with Crippen molar-refractivity contribution < 1.29 is 4.74 Å². The van der Waals surface area contributed by atoms with Crippen molar-refractivity contribution >= 4 is 39.5 Å². The molecule has 5 rings (SSSR count). The maximum atomic E-state index is 5.46. The van der Waals surface area contributed by atoms with E-state index >= 15 is 0 Å². The Morgan fingerprint density at radius 2 is 1.77 bits per heavy atom. The van der Waals surface area contributed by atoms with Gasteiger partial charge in [-0.15, -0.1) is 0 Å². The third-order valence-corrected chi connectivity index (χ3v) is 5.41. The van der Waals surface area contributed by atoms with Gasteiger partial charge in [0.2, 0.25) is 0 Å². The third kappa shape index (κ3) is 4.27. The van der Waals surface area contributed by atoms with Gasteiger partial charge in [-0.1, -0.05) is 24.3 Å². The van der Waals surface area contributed by atoms with Crippen molar-refractivity contribution in [2.45, 2.75) is 6.92 Å². The first-order valence-electron chi connectivity index (χ1n) is 10.4. The van der Waals surface area contributed by atoms with Gasteiger partial charge < -0.3 is 20.3 Å². The van der Waals surface area contributed by atoms with Crippen LogP contribution in [-0.4, -0.2) is 41.5 Å². The first kappa shape index (κ1) is 19.3. The van der Waals surface area contributed by atoms with Crippen molar-refractivity contribution in [2.24, 2.45) is 0 Å². The highest BCUT2D eigenvalue weighted by molar-refractivity contribution is 5.93. The molecule has 7 heteroatoms. The molecule has 0 unspecified atom stereocenters. The van der Waals surface area contributed by atoms with E-state index in [9.17, 15) is 0 Å². The van der Waals surface area contributed by atoms with E-state index in [1.807, 2.05) is 31.2 Å². The molecule has 0 radical (unpaired) electrons. The van der Waals surface area contributed by atoms with Crippen molar-refractivity contribution in [3.63, 3.8) is 0 Å². The fourth-order valence-electron chi connectivity index (χ4n) is 3.80. The Morgan fingerprint density at radius 3 is 2.68 bits per heavy atom. The van der Waals surface area contributed by atoms with Gasteiger partial charge in [-0.2, -0.15) is 10.2 Å². The SMILES string of the molecule is Cc1cccc2c(Nc3ccnc(Nc4cccc(N5CCOCC5)c4)c3)cnnc12. The van der Waals surface area contributed by atoms with Gasteiger partial charge in [-0.25, -0.2) is 4.98 Å². The van der Waals surface area contributed by atoms with Gasteiger partial charge in [0.15, 0.2) is 0 Å². The lowest BCUT2D eigenvalue weighted by atomic mass is 10.1. The summed E-state index contributed by atoms with van der Waals surface area (Å²) in [5, 5.41) is 16.4. The molecule has 7 nitrogen and oxygen atoms in total. The zero-order valence-electron chi connectivity index (χ0n) is 17.4. The molecule has 1 fully saturated rings. The second-order valence-corrected chi connectivity index (χ2v) is 7.56. The second-order valence-electron chi connectivity index (χ2n) is 7.56. The summed E-state index contributed by atoms with van der Waals surface area (Å²) in [6, 6.07) is 18.5. The number of aryl methyl sites for hydroxylation is 1. The van der Waals surface area contributed by atoms with Gasteiger partial charge in [0.05, 0.1) is 30.6 Å². The van der Waals surface area contributed by atoms with Crippen molar-refractivity contribution in [3.8, 4) is 0 Å². The van der Waals surface area contributed by atoms with Crippen LogP contribution in [-0.2, 0) is 4.74 Å². The molecule has 0 saturated carbocycles. The molecule has 2 N–H and O–H groups in total. The van der Waals surface area contributed by atoms with Crippen LogP contribution in [0.5, 0.6) is 0 Å². The van der Waals surface area contributed by atoms with Gasteiger partial charge in [-0.05, 0) is 36.8 Å². The lowest BCUT2D eigenvalue weighted by Gasteiger charge is -2.29. The number of benzene rings is 2. The first-order valence-corrected chi connectivity index (χ1v) is 10.4. The number of nitrogens with zero attached hydrogens (tertiary/aromatic N) is 4. The van der Waals surface area contributed by atoms with Crippen LogP contribution in [0.15, 0.2) is 67.0 Å². The van der Waals surface area contributed by atoms with E-state index < -0.39 is 0 Å². The van der Waals surface area contributed by atoms with Gasteiger partial charge >= 0.3 is 0 Å². The van der Waals surface area contributed by atoms with E-state index in [4.69, 9.17) is 4.74 Å². The summed E-state index contributed by atoms with van der Waals surface area (Å²) in [4.78, 5) is 6.82. The smallest absolute Gasteiger partial charge is 0.132 e. The quantitative estimate of drug-likeness (QED) is 0.494. The Morgan fingerprint density at radius 1 is 0.935 bits per heavy atom. The maximum absolute atomic E-state index is 5.46. The number of morpholine rings is 1. The van der Waals surface area contributed by atoms with Crippen LogP contribution in [0, 0.1) is 6.92 Å². The minimum atomic E-state index is 0.769. The minimum Gasteiger partial charge on any atom is -0.378 e. The normalized spacial score (nSPS) is 13.9. The van der Waals surface area contributed by atoms with E-state index in [1.165, 1.54) is 5.69 Å². The molecule has 156 valence electrons. The molecule has 1 aliphatic heterocycles. The van der Waals surface area contributed by atoms with Crippen LogP contribution in [0.25, 0.3) is 10.9 Å². The average Bonchev–Trinajstić information content (AvgIpc) is 2.81. The number of rotatable bonds is 5. The number of pyridine rings is 1. The Hall–Kier alpha value is -3.71. The molecule has 0 aliphatic carbocycles. The largest absolute Gasteiger partial charge is 0.378 e. The summed E-state index contributed by atoms with van der Waals surface area (Å²) < 4.78 is 5.46. The highest BCUT2D eigenvalue weighted by atomic mass is 16.5. The predicted octanol–water partition coefficient (Wildman–Crippen LogP) is 4.66. The number of ether oxygens (including phenoxy) is 1. The highest BCUT2D eigenvalue weighted by Gasteiger charge is 2.12. The number of hydrogen-bond donors (Lipinski definition) is 2.